The van der Waals surface area contributed by atoms with Gasteiger partial charge in [-0.3, -0.25) is 5.41 Å². The normalized spacial score (nSPS) is 14.6. The van der Waals surface area contributed by atoms with Crippen LogP contribution in [0.4, 0.5) is 11.4 Å². The zero-order valence-corrected chi connectivity index (χ0v) is 73.7. The molecule has 0 atom stereocenters. The van der Waals surface area contributed by atoms with E-state index < -0.39 is 16.2 Å². The van der Waals surface area contributed by atoms with Crippen LogP contribution in [0.15, 0.2) is 483 Å². The van der Waals surface area contributed by atoms with Gasteiger partial charge in [0.15, 0.2) is 0 Å². The molecule has 20 aromatic carbocycles. The first kappa shape index (κ1) is 76.1. The minimum Gasteiger partial charge on any atom is -0.309 e. The lowest BCUT2D eigenvalue weighted by Gasteiger charge is -2.31. The van der Waals surface area contributed by atoms with Crippen LogP contribution < -0.4 is 4.90 Å². The Kier molecular flexibility index (Phi) is 16.5. The second kappa shape index (κ2) is 29.1. The van der Waals surface area contributed by atoms with Crippen molar-refractivity contribution in [1.29, 1.82) is 5.41 Å². The predicted molar refractivity (Wildman–Crippen MR) is 558 cm³/mol. The van der Waals surface area contributed by atoms with E-state index >= 15 is 0 Å². The second-order valence-corrected chi connectivity index (χ2v) is 36.9. The van der Waals surface area contributed by atoms with Crippen LogP contribution in [0.1, 0.15) is 72.3 Å². The Labute approximate surface area is 783 Å². The predicted octanol–water partition coefficient (Wildman–Crippen LogP) is 32.2. The van der Waals surface area contributed by atoms with E-state index in [4.69, 9.17) is 17.2 Å². The highest BCUT2D eigenvalue weighted by Crippen LogP contribution is 2.68. The number of anilines is 2. The van der Waals surface area contributed by atoms with Crippen molar-refractivity contribution in [1.82, 2.24) is 4.57 Å². The fourth-order valence-electron chi connectivity index (χ4n) is 24.8. The van der Waals surface area contributed by atoms with Gasteiger partial charge in [-0.05, 0) is 304 Å². The molecule has 7 aliphatic carbocycles. The molecule has 3 spiro atoms. The Bertz CT molecular complexity index is 8270. The number of aromatic nitrogens is 1. The van der Waals surface area contributed by atoms with Gasteiger partial charge >= 0.3 is 0 Å². The Balaban J connectivity index is 0.538. The fraction of sp³-hybridized carbons (Fsp3) is 0.0233. The lowest BCUT2D eigenvalue weighted by Crippen LogP contribution is -2.30. The van der Waals surface area contributed by atoms with Crippen molar-refractivity contribution in [2.75, 3.05) is 4.90 Å². The topological polar surface area (TPSA) is 44.4 Å². The Morgan fingerprint density at radius 1 is 0.224 bits per heavy atom. The summed E-state index contributed by atoms with van der Waals surface area (Å²) in [6, 6.07) is 172. The highest BCUT2D eigenvalue weighted by Gasteiger charge is 2.55. The van der Waals surface area contributed by atoms with Gasteiger partial charge in [0.2, 0.25) is 0 Å². The van der Waals surface area contributed by atoms with E-state index in [1.54, 1.807) is 0 Å². The largest absolute Gasteiger partial charge is 0.309 e. The molecule has 5 heteroatoms. The lowest BCUT2D eigenvalue weighted by molar-refractivity contribution is 0.794. The molecule has 4 nitrogen and oxygen atoms in total. The third-order valence-corrected chi connectivity index (χ3v) is 30.7. The molecular formula is C129H80N4S. The third kappa shape index (κ3) is 10.6. The quantitative estimate of drug-likeness (QED) is 0.0984. The van der Waals surface area contributed by atoms with E-state index in [0.29, 0.717) is 5.71 Å². The third-order valence-electron chi connectivity index (χ3n) is 30.5. The Hall–Kier alpha value is -16.8. The highest BCUT2D eigenvalue weighted by atomic mass is 32.1. The SMILES string of the molecule is N=C1C(c2ccc(-n3c4ccc(-c5ccc(-c6ccc7c(c6)C6(c8ccccc8-c8ccccc86)c6ccccc6-7)cc5)cc4c4cc(-c5ccc(-c6ccc7c(c6)C6(c8ccccc8-c8ccccc86)c6ccccc6-7)cc5)ccc43)cc2)=CC=C(N(c2ccc(-c3ccccc3)cc2)c2ccc(-c3cccc4c3-c3ccccc3C43c4ccccc4-c4ccccc43)cc2)C1=NS. The van der Waals surface area contributed by atoms with Crippen LogP contribution in [-0.2, 0) is 16.2 Å². The Morgan fingerprint density at radius 2 is 0.507 bits per heavy atom. The van der Waals surface area contributed by atoms with Crippen LogP contribution >= 0.6 is 12.8 Å². The summed E-state index contributed by atoms with van der Waals surface area (Å²) in [5, 5.41) is 12.6. The molecule has 0 radical (unpaired) electrons. The molecule has 622 valence electrons. The number of nitrogens with one attached hydrogen (secondary N) is 1. The van der Waals surface area contributed by atoms with Gasteiger partial charge in [-0.1, -0.05) is 388 Å². The summed E-state index contributed by atoms with van der Waals surface area (Å²) in [6.45, 7) is 0. The summed E-state index contributed by atoms with van der Waals surface area (Å²) >= 11 is 4.78. The van der Waals surface area contributed by atoms with Gasteiger partial charge in [0.25, 0.3) is 0 Å². The fourth-order valence-corrected chi connectivity index (χ4v) is 25.0. The van der Waals surface area contributed by atoms with E-state index in [2.05, 4.69) is 483 Å². The zero-order chi connectivity index (χ0) is 88.2. The van der Waals surface area contributed by atoms with Crippen LogP contribution in [0.3, 0.4) is 0 Å². The van der Waals surface area contributed by atoms with Gasteiger partial charge in [0.1, 0.15) is 5.71 Å². The average molecular weight is 1720 g/mol. The minimum absolute atomic E-state index is 0.273. The summed E-state index contributed by atoms with van der Waals surface area (Å²) in [4.78, 5) is 2.22. The van der Waals surface area contributed by atoms with Crippen LogP contribution in [0.5, 0.6) is 0 Å². The number of rotatable bonds is 11. The number of hydrogen-bond acceptors (Lipinski definition) is 4. The van der Waals surface area contributed by atoms with Crippen LogP contribution in [-0.4, -0.2) is 16.0 Å². The molecule has 1 N–H and O–H groups in total. The number of benzene rings is 20. The summed E-state index contributed by atoms with van der Waals surface area (Å²) in [5.41, 5.74) is 52.1. The second-order valence-electron chi connectivity index (χ2n) is 36.7. The molecule has 28 rings (SSSR count). The van der Waals surface area contributed by atoms with Crippen molar-refractivity contribution in [2.45, 2.75) is 16.2 Å². The number of hydrogen-bond donors (Lipinski definition) is 2. The van der Waals surface area contributed by atoms with Crippen molar-refractivity contribution >= 4 is 63.0 Å². The van der Waals surface area contributed by atoms with Crippen molar-refractivity contribution in [3.8, 4) is 139 Å². The molecule has 0 saturated heterocycles. The van der Waals surface area contributed by atoms with Gasteiger partial charge in [0.05, 0.1) is 38.7 Å². The Morgan fingerprint density at radius 3 is 0.903 bits per heavy atom. The standard InChI is InChI=1S/C129H80N4S/c130-125-95(71-74-123(126(125)131-134)132(91-63-53-80(54-64-91)79-23-2-1-3-24-79)92-65-55-85(56-66-92)94-34-22-44-118-124(94)106-33-12-21-43-117(106)127(118)109-35-13-4-25-96(109)97-26-5-14-36-110(97)127)86-57-67-93(68-58-86)133-121-72-61-87(81-45-49-83(50-46-81)89-59-69-104-102-31-10-19-41-115(102)128(119(104)77-89)111-37-15-6-27-98(111)99-28-7-16-38-112(99)128)75-107(121)108-76-88(62-73-122(108)133)82-47-51-84(52-48-82)90-60-70-105-103-32-11-20-42-116(103)129(120(105)78-90)113-39-17-8-29-100(113)101-30-9-18-40-114(101)129/h1-78,130,134H. The van der Waals surface area contributed by atoms with E-state index in [9.17, 15) is 5.41 Å². The highest BCUT2D eigenvalue weighted by molar-refractivity contribution is 7.79. The zero-order valence-electron chi connectivity index (χ0n) is 72.8. The van der Waals surface area contributed by atoms with Gasteiger partial charge in [-0.2, -0.15) is 0 Å². The van der Waals surface area contributed by atoms with Crippen molar-refractivity contribution < 1.29 is 0 Å². The molecule has 134 heavy (non-hydrogen) atoms. The lowest BCUT2D eigenvalue weighted by atomic mass is 9.70. The van der Waals surface area contributed by atoms with E-state index in [1.165, 1.54) is 161 Å². The average Bonchev–Trinajstić information content (AvgIpc) is 1.52. The van der Waals surface area contributed by atoms with Gasteiger partial charge in [-0.15, -0.1) is 0 Å². The molecule has 0 aliphatic heterocycles. The van der Waals surface area contributed by atoms with Gasteiger partial charge in [-0.25, -0.2) is 4.40 Å². The maximum atomic E-state index is 10.3. The van der Waals surface area contributed by atoms with Gasteiger partial charge < -0.3 is 9.47 Å². The number of fused-ring (bicyclic) bond motifs is 33. The van der Waals surface area contributed by atoms with Crippen molar-refractivity contribution in [3.63, 3.8) is 0 Å². The summed E-state index contributed by atoms with van der Waals surface area (Å²) in [6.07, 6.45) is 4.20. The van der Waals surface area contributed by atoms with Crippen molar-refractivity contribution in [2.24, 2.45) is 4.40 Å². The summed E-state index contributed by atoms with van der Waals surface area (Å²) in [7, 11) is 0. The number of nitrogens with zero attached hydrogens (tertiary/aromatic N) is 3. The van der Waals surface area contributed by atoms with Crippen LogP contribution in [0.2, 0.25) is 0 Å². The number of allylic oxidation sites excluding steroid dienone is 4. The molecule has 0 saturated carbocycles. The first-order valence-corrected chi connectivity index (χ1v) is 46.7. The molecule has 21 aromatic rings. The van der Waals surface area contributed by atoms with E-state index in [0.717, 1.165) is 94.6 Å². The molecule has 0 unspecified atom stereocenters. The first-order valence-electron chi connectivity index (χ1n) is 46.3. The summed E-state index contributed by atoms with van der Waals surface area (Å²) in [5.74, 6) is 0. The minimum atomic E-state index is -0.460. The maximum absolute atomic E-state index is 10.3. The first-order chi connectivity index (χ1) is 66.3. The molecule has 0 amide bonds. The molecule has 0 bridgehead atoms. The van der Waals surface area contributed by atoms with E-state index in [-0.39, 0.29) is 5.71 Å². The van der Waals surface area contributed by atoms with E-state index in [1.807, 2.05) is 0 Å². The monoisotopic (exact) mass is 1720 g/mol. The van der Waals surface area contributed by atoms with Crippen LogP contribution in [0.25, 0.3) is 167 Å². The van der Waals surface area contributed by atoms with Crippen LogP contribution in [0, 0.1) is 5.41 Å². The maximum Gasteiger partial charge on any atom is 0.121 e. The molecule has 1 aromatic heterocycles. The smallest absolute Gasteiger partial charge is 0.121 e. The summed E-state index contributed by atoms with van der Waals surface area (Å²) < 4.78 is 7.16. The molecular weight excluding hydrogens is 1640 g/mol. The molecule has 7 aliphatic rings. The molecule has 1 heterocycles. The van der Waals surface area contributed by atoms with Crippen molar-refractivity contribution in [3.05, 3.63) is 551 Å². The molecule has 0 fully saturated rings. The number of thiol groups is 1. The van der Waals surface area contributed by atoms with Gasteiger partial charge in [0, 0.05) is 33.4 Å².